The molecule has 0 aliphatic carbocycles. The molecule has 4 rings (SSSR count). The molecule has 0 bridgehead atoms. The number of nitrogens with zero attached hydrogens (tertiary/aromatic N) is 4. The van der Waals surface area contributed by atoms with Gasteiger partial charge in [-0.15, -0.1) is 0 Å². The average molecular weight is 385 g/mol. The summed E-state index contributed by atoms with van der Waals surface area (Å²) in [5.74, 6) is 0.753. The Hall–Kier alpha value is -2.44. The number of hydrogen-bond acceptors (Lipinski definition) is 5. The summed E-state index contributed by atoms with van der Waals surface area (Å²) < 4.78 is 0. The number of benzene rings is 1. The number of carbonyl (C=O) groups is 2. The van der Waals surface area contributed by atoms with Crippen molar-refractivity contribution in [2.24, 2.45) is 0 Å². The Bertz CT molecular complexity index is 820. The Kier molecular flexibility index (Phi) is 5.09. The van der Waals surface area contributed by atoms with Crippen molar-refractivity contribution in [1.29, 1.82) is 0 Å². The molecular weight excluding hydrogens is 364 g/mol. The van der Waals surface area contributed by atoms with Crippen molar-refractivity contribution in [2.75, 3.05) is 31.1 Å². The largest absolute Gasteiger partial charge is 0.354 e. The van der Waals surface area contributed by atoms with Gasteiger partial charge < -0.3 is 4.90 Å². The zero-order valence-electron chi connectivity index (χ0n) is 14.9. The highest BCUT2D eigenvalue weighted by Crippen LogP contribution is 2.23. The van der Waals surface area contributed by atoms with Crippen LogP contribution in [0.15, 0.2) is 48.7 Å². The third-order valence-electron chi connectivity index (χ3n) is 5.20. The molecule has 0 saturated carbocycles. The van der Waals surface area contributed by atoms with Crippen LogP contribution >= 0.6 is 11.6 Å². The maximum absolute atomic E-state index is 12.8. The Labute approximate surface area is 163 Å². The van der Waals surface area contributed by atoms with E-state index in [2.05, 4.69) is 14.8 Å². The van der Waals surface area contributed by atoms with E-state index in [1.807, 2.05) is 30.3 Å². The molecule has 1 aromatic heterocycles. The minimum atomic E-state index is -0.351. The Morgan fingerprint density at radius 3 is 2.41 bits per heavy atom. The van der Waals surface area contributed by atoms with Gasteiger partial charge in [0.05, 0.1) is 19.0 Å². The fourth-order valence-electron chi connectivity index (χ4n) is 3.69. The average Bonchev–Trinajstić information content (AvgIpc) is 2.99. The van der Waals surface area contributed by atoms with Crippen LogP contribution in [0.2, 0.25) is 5.02 Å². The van der Waals surface area contributed by atoms with Gasteiger partial charge in [-0.2, -0.15) is 0 Å². The second-order valence-corrected chi connectivity index (χ2v) is 7.31. The maximum atomic E-state index is 12.8. The number of anilines is 1. The molecule has 0 N–H and O–H groups in total. The Morgan fingerprint density at radius 1 is 1.00 bits per heavy atom. The van der Waals surface area contributed by atoms with E-state index >= 15 is 0 Å². The minimum absolute atomic E-state index is 0.0961. The summed E-state index contributed by atoms with van der Waals surface area (Å²) in [7, 11) is 0. The molecular formula is C20H21ClN4O2. The van der Waals surface area contributed by atoms with Crippen molar-refractivity contribution in [2.45, 2.75) is 19.0 Å². The second-order valence-electron chi connectivity index (χ2n) is 6.88. The summed E-state index contributed by atoms with van der Waals surface area (Å²) >= 11 is 5.90. The lowest BCUT2D eigenvalue weighted by Gasteiger charge is -2.37. The maximum Gasteiger partial charge on any atom is 0.247 e. The fourth-order valence-corrected chi connectivity index (χ4v) is 3.82. The number of rotatable bonds is 4. The molecule has 140 valence electrons. The number of aromatic nitrogens is 1. The van der Waals surface area contributed by atoms with E-state index < -0.39 is 0 Å². The van der Waals surface area contributed by atoms with Gasteiger partial charge in [0.15, 0.2) is 0 Å². The van der Waals surface area contributed by atoms with Crippen LogP contribution in [0.25, 0.3) is 0 Å². The standard InChI is InChI=1S/C20H21ClN4O2/c21-16-6-4-15(5-7-16)14-25-19(26)13-17(20(25)27)23-9-11-24(12-10-23)18-3-1-2-8-22-18/h1-8,17H,9-14H2/t17-/m1/s1. The van der Waals surface area contributed by atoms with Crippen LogP contribution in [-0.4, -0.2) is 58.8 Å². The van der Waals surface area contributed by atoms with E-state index in [-0.39, 0.29) is 24.3 Å². The molecule has 2 aliphatic rings. The molecule has 6 nitrogen and oxygen atoms in total. The molecule has 2 fully saturated rings. The van der Waals surface area contributed by atoms with E-state index in [1.54, 1.807) is 18.3 Å². The zero-order valence-corrected chi connectivity index (χ0v) is 15.7. The minimum Gasteiger partial charge on any atom is -0.354 e. The van der Waals surface area contributed by atoms with Gasteiger partial charge in [0.25, 0.3) is 0 Å². The van der Waals surface area contributed by atoms with Crippen molar-refractivity contribution in [3.05, 3.63) is 59.2 Å². The van der Waals surface area contributed by atoms with Crippen LogP contribution in [0, 0.1) is 0 Å². The predicted octanol–water partition coefficient (Wildman–Crippen LogP) is 2.18. The molecule has 1 aromatic carbocycles. The summed E-state index contributed by atoms with van der Waals surface area (Å²) in [6.45, 7) is 3.39. The highest BCUT2D eigenvalue weighted by Gasteiger charge is 2.42. The van der Waals surface area contributed by atoms with Gasteiger partial charge in [0.1, 0.15) is 5.82 Å². The lowest BCUT2D eigenvalue weighted by atomic mass is 10.1. The van der Waals surface area contributed by atoms with Crippen LogP contribution in [-0.2, 0) is 16.1 Å². The van der Waals surface area contributed by atoms with Crippen molar-refractivity contribution >= 4 is 29.2 Å². The van der Waals surface area contributed by atoms with Gasteiger partial charge >= 0.3 is 0 Å². The first kappa shape index (κ1) is 17.9. The summed E-state index contributed by atoms with van der Waals surface area (Å²) in [5.41, 5.74) is 0.904. The van der Waals surface area contributed by atoms with E-state index in [4.69, 9.17) is 11.6 Å². The monoisotopic (exact) mass is 384 g/mol. The third-order valence-corrected chi connectivity index (χ3v) is 5.45. The summed E-state index contributed by atoms with van der Waals surface area (Å²) in [6.07, 6.45) is 2.05. The molecule has 3 heterocycles. The van der Waals surface area contributed by atoms with Gasteiger partial charge in [-0.3, -0.25) is 19.4 Å². The Morgan fingerprint density at radius 2 is 1.74 bits per heavy atom. The van der Waals surface area contributed by atoms with Gasteiger partial charge in [-0.05, 0) is 29.8 Å². The van der Waals surface area contributed by atoms with Crippen LogP contribution < -0.4 is 4.90 Å². The first-order valence-corrected chi connectivity index (χ1v) is 9.48. The van der Waals surface area contributed by atoms with Crippen LogP contribution in [0.4, 0.5) is 5.82 Å². The number of imide groups is 1. The summed E-state index contributed by atoms with van der Waals surface area (Å²) in [6, 6.07) is 12.8. The highest BCUT2D eigenvalue weighted by molar-refractivity contribution is 6.30. The highest BCUT2D eigenvalue weighted by atomic mass is 35.5. The first-order chi connectivity index (χ1) is 13.1. The molecule has 2 aromatic rings. The van der Waals surface area contributed by atoms with Gasteiger partial charge in [0, 0.05) is 37.4 Å². The zero-order chi connectivity index (χ0) is 18.8. The molecule has 2 saturated heterocycles. The normalized spacial score (nSPS) is 21.1. The summed E-state index contributed by atoms with van der Waals surface area (Å²) in [4.78, 5) is 35.4. The number of hydrogen-bond donors (Lipinski definition) is 0. The molecule has 0 radical (unpaired) electrons. The van der Waals surface area contributed by atoms with Gasteiger partial charge in [0.2, 0.25) is 11.8 Å². The number of piperazine rings is 1. The van der Waals surface area contributed by atoms with Gasteiger partial charge in [-0.1, -0.05) is 29.8 Å². The van der Waals surface area contributed by atoms with E-state index in [0.29, 0.717) is 11.6 Å². The SMILES string of the molecule is O=C1C[C@@H](N2CCN(c3ccccn3)CC2)C(=O)N1Cc1ccc(Cl)cc1. The smallest absolute Gasteiger partial charge is 0.247 e. The number of pyridine rings is 1. The third kappa shape index (κ3) is 3.82. The fraction of sp³-hybridized carbons (Fsp3) is 0.350. The molecule has 2 aliphatic heterocycles. The molecule has 7 heteroatoms. The number of amides is 2. The van der Waals surface area contributed by atoms with Crippen LogP contribution in [0.3, 0.4) is 0 Å². The topological polar surface area (TPSA) is 56.8 Å². The van der Waals surface area contributed by atoms with Gasteiger partial charge in [-0.25, -0.2) is 4.98 Å². The van der Waals surface area contributed by atoms with Crippen LogP contribution in [0.5, 0.6) is 0 Å². The number of carbonyl (C=O) groups excluding carboxylic acids is 2. The lowest BCUT2D eigenvalue weighted by molar-refractivity contribution is -0.140. The number of halogens is 1. The lowest BCUT2D eigenvalue weighted by Crippen LogP contribution is -2.52. The number of likely N-dealkylation sites (tertiary alicyclic amines) is 1. The van der Waals surface area contributed by atoms with E-state index in [0.717, 1.165) is 37.6 Å². The second kappa shape index (κ2) is 7.66. The Balaban J connectivity index is 1.38. The van der Waals surface area contributed by atoms with Crippen molar-refractivity contribution in [1.82, 2.24) is 14.8 Å². The summed E-state index contributed by atoms with van der Waals surface area (Å²) in [5, 5.41) is 0.640. The van der Waals surface area contributed by atoms with E-state index in [1.165, 1.54) is 4.90 Å². The molecule has 0 unspecified atom stereocenters. The molecule has 27 heavy (non-hydrogen) atoms. The van der Waals surface area contributed by atoms with Crippen molar-refractivity contribution in [3.8, 4) is 0 Å². The van der Waals surface area contributed by atoms with Crippen molar-refractivity contribution < 1.29 is 9.59 Å². The predicted molar refractivity (Wildman–Crippen MR) is 103 cm³/mol. The first-order valence-electron chi connectivity index (χ1n) is 9.10. The van der Waals surface area contributed by atoms with E-state index in [9.17, 15) is 9.59 Å². The molecule has 2 amide bonds. The molecule has 1 atom stereocenters. The van der Waals surface area contributed by atoms with Crippen LogP contribution in [0.1, 0.15) is 12.0 Å². The quantitative estimate of drug-likeness (QED) is 0.756. The van der Waals surface area contributed by atoms with Crippen molar-refractivity contribution in [3.63, 3.8) is 0 Å². The molecule has 0 spiro atoms.